The lowest BCUT2D eigenvalue weighted by Gasteiger charge is -2.17. The molecule has 1 fully saturated rings. The number of rotatable bonds is 2. The number of benzene rings is 1. The molecular weight excluding hydrogens is 235 g/mol. The van der Waals surface area contributed by atoms with E-state index in [9.17, 15) is 13.2 Å². The van der Waals surface area contributed by atoms with Crippen LogP contribution in [0, 0.1) is 0 Å². The predicted octanol–water partition coefficient (Wildman–Crippen LogP) is 2.46. The summed E-state index contributed by atoms with van der Waals surface area (Å²) in [5.74, 6) is -0.192. The first-order chi connectivity index (χ1) is 7.97. The van der Waals surface area contributed by atoms with E-state index in [1.807, 2.05) is 0 Å². The molecule has 0 aromatic heterocycles. The monoisotopic (exact) mass is 247 g/mol. The van der Waals surface area contributed by atoms with Crippen molar-refractivity contribution in [1.82, 2.24) is 0 Å². The molecule has 1 saturated heterocycles. The van der Waals surface area contributed by atoms with Gasteiger partial charge in [-0.25, -0.2) is 0 Å². The van der Waals surface area contributed by atoms with Gasteiger partial charge >= 0.3 is 6.18 Å². The van der Waals surface area contributed by atoms with Crippen LogP contribution in [0.4, 0.5) is 18.9 Å². The van der Waals surface area contributed by atoms with Crippen molar-refractivity contribution in [3.8, 4) is 5.75 Å². The average molecular weight is 247 g/mol. The van der Waals surface area contributed by atoms with Crippen molar-refractivity contribution in [2.75, 3.05) is 18.9 Å². The first-order valence-electron chi connectivity index (χ1n) is 5.18. The van der Waals surface area contributed by atoms with Crippen LogP contribution in [0.25, 0.3) is 0 Å². The second-order valence-corrected chi connectivity index (χ2v) is 3.86. The fourth-order valence-corrected chi connectivity index (χ4v) is 1.66. The van der Waals surface area contributed by atoms with Gasteiger partial charge in [-0.15, -0.1) is 0 Å². The lowest BCUT2D eigenvalue weighted by atomic mass is 10.1. The minimum Gasteiger partial charge on any atom is -0.487 e. The molecule has 3 nitrogen and oxygen atoms in total. The number of hydrogen-bond acceptors (Lipinski definition) is 3. The summed E-state index contributed by atoms with van der Waals surface area (Å²) in [7, 11) is 0. The van der Waals surface area contributed by atoms with E-state index in [4.69, 9.17) is 15.2 Å². The van der Waals surface area contributed by atoms with Gasteiger partial charge in [0.2, 0.25) is 0 Å². The average Bonchev–Trinajstić information content (AvgIpc) is 2.72. The first kappa shape index (κ1) is 12.0. The van der Waals surface area contributed by atoms with Crippen LogP contribution in [-0.2, 0) is 10.9 Å². The molecule has 1 aliphatic heterocycles. The maximum absolute atomic E-state index is 12.7. The van der Waals surface area contributed by atoms with Crippen molar-refractivity contribution in [3.63, 3.8) is 0 Å². The number of nitrogen functional groups attached to an aromatic ring is 1. The Labute approximate surface area is 96.3 Å². The van der Waals surface area contributed by atoms with E-state index in [-0.39, 0.29) is 17.5 Å². The van der Waals surface area contributed by atoms with Gasteiger partial charge in [-0.05, 0) is 18.2 Å². The van der Waals surface area contributed by atoms with Crippen LogP contribution in [0.2, 0.25) is 0 Å². The minimum absolute atomic E-state index is 0.0624. The molecule has 6 heteroatoms. The highest BCUT2D eigenvalue weighted by atomic mass is 19.4. The van der Waals surface area contributed by atoms with E-state index in [0.717, 1.165) is 6.07 Å². The van der Waals surface area contributed by atoms with E-state index in [1.54, 1.807) is 0 Å². The van der Waals surface area contributed by atoms with E-state index in [1.165, 1.54) is 12.1 Å². The fraction of sp³-hybridized carbons (Fsp3) is 0.455. The van der Waals surface area contributed by atoms with Crippen LogP contribution in [0.1, 0.15) is 12.0 Å². The third-order valence-electron chi connectivity index (χ3n) is 2.49. The van der Waals surface area contributed by atoms with Gasteiger partial charge in [-0.2, -0.15) is 13.2 Å². The summed E-state index contributed by atoms with van der Waals surface area (Å²) in [6.07, 6.45) is -4.19. The number of halogens is 3. The minimum atomic E-state index is -4.47. The number of anilines is 1. The maximum Gasteiger partial charge on any atom is 0.420 e. The van der Waals surface area contributed by atoms with Crippen molar-refractivity contribution in [2.45, 2.75) is 18.7 Å². The van der Waals surface area contributed by atoms with E-state index in [2.05, 4.69) is 0 Å². The van der Waals surface area contributed by atoms with Gasteiger partial charge in [0.05, 0.1) is 18.8 Å². The molecule has 17 heavy (non-hydrogen) atoms. The van der Waals surface area contributed by atoms with Crippen LogP contribution in [-0.4, -0.2) is 19.3 Å². The summed E-state index contributed by atoms with van der Waals surface area (Å²) in [6, 6.07) is 3.52. The van der Waals surface area contributed by atoms with Gasteiger partial charge < -0.3 is 15.2 Å². The molecule has 0 bridgehead atoms. The van der Waals surface area contributed by atoms with Crippen LogP contribution < -0.4 is 10.5 Å². The van der Waals surface area contributed by atoms with Crippen molar-refractivity contribution in [3.05, 3.63) is 23.8 Å². The second-order valence-electron chi connectivity index (χ2n) is 3.86. The fourth-order valence-electron chi connectivity index (χ4n) is 1.66. The molecule has 94 valence electrons. The zero-order valence-corrected chi connectivity index (χ0v) is 8.96. The van der Waals surface area contributed by atoms with Gasteiger partial charge in [0, 0.05) is 12.1 Å². The molecule has 0 saturated carbocycles. The SMILES string of the molecule is Nc1ccc(O[C@H]2CCOC2)c(C(F)(F)F)c1. The molecular formula is C11H12F3NO2. The van der Waals surface area contributed by atoms with Crippen LogP contribution in [0.3, 0.4) is 0 Å². The predicted molar refractivity (Wildman–Crippen MR) is 55.7 cm³/mol. The van der Waals surface area contributed by atoms with Crippen LogP contribution >= 0.6 is 0 Å². The van der Waals surface area contributed by atoms with Crippen molar-refractivity contribution in [2.24, 2.45) is 0 Å². The smallest absolute Gasteiger partial charge is 0.420 e. The Morgan fingerprint density at radius 2 is 2.12 bits per heavy atom. The Bertz CT molecular complexity index is 400. The molecule has 0 spiro atoms. The molecule has 0 aliphatic carbocycles. The molecule has 1 atom stereocenters. The van der Waals surface area contributed by atoms with E-state index in [0.29, 0.717) is 19.6 Å². The van der Waals surface area contributed by atoms with Gasteiger partial charge in [0.1, 0.15) is 11.9 Å². The quantitative estimate of drug-likeness (QED) is 0.816. The van der Waals surface area contributed by atoms with Crippen molar-refractivity contribution < 1.29 is 22.6 Å². The standard InChI is InChI=1S/C11H12F3NO2/c12-11(13,14)9-5-7(15)1-2-10(9)17-8-3-4-16-6-8/h1-2,5,8H,3-4,6,15H2/t8-/m0/s1. The molecule has 2 rings (SSSR count). The number of ether oxygens (including phenoxy) is 2. The first-order valence-corrected chi connectivity index (χ1v) is 5.18. The van der Waals surface area contributed by atoms with Gasteiger partial charge in [-0.1, -0.05) is 0 Å². The van der Waals surface area contributed by atoms with Crippen LogP contribution in [0.5, 0.6) is 5.75 Å². The Balaban J connectivity index is 2.25. The number of nitrogens with two attached hydrogens (primary N) is 1. The second kappa shape index (κ2) is 4.44. The van der Waals surface area contributed by atoms with E-state index < -0.39 is 11.7 Å². The summed E-state index contributed by atoms with van der Waals surface area (Å²) < 4.78 is 48.5. The molecule has 1 heterocycles. The summed E-state index contributed by atoms with van der Waals surface area (Å²) in [5, 5.41) is 0. The largest absolute Gasteiger partial charge is 0.487 e. The highest BCUT2D eigenvalue weighted by Crippen LogP contribution is 2.38. The maximum atomic E-state index is 12.7. The zero-order valence-electron chi connectivity index (χ0n) is 8.96. The van der Waals surface area contributed by atoms with Gasteiger partial charge in [0.15, 0.2) is 0 Å². The van der Waals surface area contributed by atoms with Crippen molar-refractivity contribution >= 4 is 5.69 Å². The molecule has 1 aliphatic rings. The molecule has 1 aromatic carbocycles. The third kappa shape index (κ3) is 2.82. The molecule has 1 aromatic rings. The van der Waals surface area contributed by atoms with Crippen molar-refractivity contribution in [1.29, 1.82) is 0 Å². The summed E-state index contributed by atoms with van der Waals surface area (Å²) in [4.78, 5) is 0. The van der Waals surface area contributed by atoms with Gasteiger partial charge in [0.25, 0.3) is 0 Å². The third-order valence-corrected chi connectivity index (χ3v) is 2.49. The van der Waals surface area contributed by atoms with E-state index >= 15 is 0 Å². The zero-order chi connectivity index (χ0) is 12.5. The highest BCUT2D eigenvalue weighted by Gasteiger charge is 2.35. The van der Waals surface area contributed by atoms with Gasteiger partial charge in [-0.3, -0.25) is 0 Å². The number of hydrogen-bond donors (Lipinski definition) is 1. The summed E-state index contributed by atoms with van der Waals surface area (Å²) in [6.45, 7) is 0.836. The lowest BCUT2D eigenvalue weighted by molar-refractivity contribution is -0.139. The molecule has 0 amide bonds. The molecule has 0 radical (unpaired) electrons. The number of alkyl halides is 3. The molecule has 2 N–H and O–H groups in total. The normalized spacial score (nSPS) is 20.5. The van der Waals surface area contributed by atoms with Crippen LogP contribution in [0.15, 0.2) is 18.2 Å². The Hall–Kier alpha value is -1.43. The Morgan fingerprint density at radius 1 is 1.35 bits per heavy atom. The topological polar surface area (TPSA) is 44.5 Å². The summed E-state index contributed by atoms with van der Waals surface area (Å²) in [5.41, 5.74) is 4.57. The Morgan fingerprint density at radius 3 is 2.71 bits per heavy atom. The molecule has 0 unspecified atom stereocenters. The lowest BCUT2D eigenvalue weighted by Crippen LogP contribution is -2.18. The Kier molecular flexibility index (Phi) is 3.15. The summed E-state index contributed by atoms with van der Waals surface area (Å²) >= 11 is 0. The highest BCUT2D eigenvalue weighted by molar-refractivity contribution is 5.49.